The molecule has 0 amide bonds. The van der Waals surface area contributed by atoms with Gasteiger partial charge in [-0.3, -0.25) is 0 Å². The fourth-order valence-corrected chi connectivity index (χ4v) is 4.07. The smallest absolute Gasteiger partial charge is 0.240 e. The van der Waals surface area contributed by atoms with E-state index in [0.717, 1.165) is 36.3 Å². The predicted molar refractivity (Wildman–Crippen MR) is 85.9 cm³/mol. The SMILES string of the molecule is COc1c(C)cc(S(=O)(=O)NC2CCCNC2)cc1C.Cl. The standard InChI is InChI=1S/C14H22N2O3S.ClH/c1-10-7-13(8-11(2)14(10)19-3)20(17,18)16-12-5-4-6-15-9-12;/h7-8,12,15-16H,4-6,9H2,1-3H3;1H. The quantitative estimate of drug-likeness (QED) is 0.880. The third-order valence-corrected chi connectivity index (χ3v) is 5.07. The molecule has 1 aromatic carbocycles. The molecule has 1 atom stereocenters. The molecule has 1 heterocycles. The first-order valence-electron chi connectivity index (χ1n) is 6.82. The molecule has 5 nitrogen and oxygen atoms in total. The molecule has 1 saturated heterocycles. The van der Waals surface area contributed by atoms with Gasteiger partial charge in [-0.25, -0.2) is 13.1 Å². The van der Waals surface area contributed by atoms with Gasteiger partial charge in [0.05, 0.1) is 12.0 Å². The van der Waals surface area contributed by atoms with Gasteiger partial charge in [-0.1, -0.05) is 0 Å². The van der Waals surface area contributed by atoms with Crippen molar-refractivity contribution in [2.75, 3.05) is 20.2 Å². The molecular weight excluding hydrogens is 312 g/mol. The van der Waals surface area contributed by atoms with Gasteiger partial charge in [0, 0.05) is 12.6 Å². The summed E-state index contributed by atoms with van der Waals surface area (Å²) >= 11 is 0. The number of benzene rings is 1. The number of halogens is 1. The van der Waals surface area contributed by atoms with Gasteiger partial charge < -0.3 is 10.1 Å². The summed E-state index contributed by atoms with van der Waals surface area (Å²) in [6.45, 7) is 5.35. The summed E-state index contributed by atoms with van der Waals surface area (Å²) in [5, 5.41) is 3.20. The third kappa shape index (κ3) is 4.32. The summed E-state index contributed by atoms with van der Waals surface area (Å²) in [7, 11) is -1.88. The Kier molecular flexibility index (Phi) is 6.46. The summed E-state index contributed by atoms with van der Waals surface area (Å²) in [5.74, 6) is 0.739. The fraction of sp³-hybridized carbons (Fsp3) is 0.571. The van der Waals surface area contributed by atoms with Crippen molar-refractivity contribution in [3.8, 4) is 5.75 Å². The Hall–Kier alpha value is -0.820. The highest BCUT2D eigenvalue weighted by Crippen LogP contribution is 2.26. The third-order valence-electron chi connectivity index (χ3n) is 3.57. The normalized spacial score (nSPS) is 18.9. The average Bonchev–Trinajstić information content (AvgIpc) is 2.39. The number of rotatable bonds is 4. The van der Waals surface area contributed by atoms with Crippen LogP contribution in [0.2, 0.25) is 0 Å². The van der Waals surface area contributed by atoms with Gasteiger partial charge in [0.1, 0.15) is 5.75 Å². The van der Waals surface area contributed by atoms with Crippen LogP contribution >= 0.6 is 12.4 Å². The van der Waals surface area contributed by atoms with Crippen LogP contribution in [0.3, 0.4) is 0 Å². The van der Waals surface area contributed by atoms with Gasteiger partial charge in [-0.15, -0.1) is 12.4 Å². The lowest BCUT2D eigenvalue weighted by Gasteiger charge is -2.24. The van der Waals surface area contributed by atoms with E-state index in [1.54, 1.807) is 19.2 Å². The van der Waals surface area contributed by atoms with Crippen LogP contribution in [0.4, 0.5) is 0 Å². The van der Waals surface area contributed by atoms with E-state index >= 15 is 0 Å². The first kappa shape index (κ1) is 18.2. The molecular formula is C14H23ClN2O3S. The molecule has 1 aliphatic rings. The largest absolute Gasteiger partial charge is 0.496 e. The van der Waals surface area contributed by atoms with Crippen molar-refractivity contribution in [1.82, 2.24) is 10.0 Å². The van der Waals surface area contributed by atoms with E-state index in [9.17, 15) is 8.42 Å². The highest BCUT2D eigenvalue weighted by molar-refractivity contribution is 7.89. The summed E-state index contributed by atoms with van der Waals surface area (Å²) in [4.78, 5) is 0.305. The number of piperidine rings is 1. The molecule has 1 aliphatic heterocycles. The molecule has 2 N–H and O–H groups in total. The second-order valence-corrected chi connectivity index (χ2v) is 6.97. The van der Waals surface area contributed by atoms with E-state index in [4.69, 9.17) is 4.74 Å². The van der Waals surface area contributed by atoms with Gasteiger partial charge in [0.2, 0.25) is 10.0 Å². The van der Waals surface area contributed by atoms with Crippen molar-refractivity contribution in [2.45, 2.75) is 37.6 Å². The summed E-state index contributed by atoms with van der Waals surface area (Å²) in [6.07, 6.45) is 1.87. The Balaban J connectivity index is 0.00000220. The molecule has 0 aromatic heterocycles. The average molecular weight is 335 g/mol. The van der Waals surface area contributed by atoms with Gasteiger partial charge in [0.25, 0.3) is 0 Å². The van der Waals surface area contributed by atoms with E-state index in [-0.39, 0.29) is 18.4 Å². The van der Waals surface area contributed by atoms with Crippen LogP contribution in [0.15, 0.2) is 17.0 Å². The number of nitrogens with one attached hydrogen (secondary N) is 2. The van der Waals surface area contributed by atoms with Crippen molar-refractivity contribution in [3.63, 3.8) is 0 Å². The summed E-state index contributed by atoms with van der Waals surface area (Å²) in [5.41, 5.74) is 1.66. The Bertz CT molecular complexity index is 561. The topological polar surface area (TPSA) is 67.4 Å². The van der Waals surface area contributed by atoms with Crippen LogP contribution in [-0.4, -0.2) is 34.7 Å². The van der Waals surface area contributed by atoms with Gasteiger partial charge in [-0.2, -0.15) is 0 Å². The van der Waals surface area contributed by atoms with Crippen LogP contribution in [0.1, 0.15) is 24.0 Å². The Labute approximate surface area is 132 Å². The van der Waals surface area contributed by atoms with Gasteiger partial charge in [0.15, 0.2) is 0 Å². The van der Waals surface area contributed by atoms with Gasteiger partial charge in [-0.05, 0) is 56.5 Å². The van der Waals surface area contributed by atoms with E-state index in [0.29, 0.717) is 11.4 Å². The molecule has 0 aliphatic carbocycles. The molecule has 0 saturated carbocycles. The molecule has 7 heteroatoms. The maximum absolute atomic E-state index is 12.4. The Morgan fingerprint density at radius 2 is 1.90 bits per heavy atom. The number of sulfonamides is 1. The number of methoxy groups -OCH3 is 1. The first-order chi connectivity index (χ1) is 9.44. The zero-order chi connectivity index (χ0) is 14.8. The highest BCUT2D eigenvalue weighted by atomic mass is 35.5. The predicted octanol–water partition coefficient (Wildman–Crippen LogP) is 1.76. The van der Waals surface area contributed by atoms with Crippen LogP contribution in [0, 0.1) is 13.8 Å². The Morgan fingerprint density at radius 3 is 2.38 bits per heavy atom. The van der Waals surface area contributed by atoms with Crippen LogP contribution in [0.5, 0.6) is 5.75 Å². The molecule has 0 radical (unpaired) electrons. The Morgan fingerprint density at radius 1 is 1.29 bits per heavy atom. The summed E-state index contributed by atoms with van der Waals surface area (Å²) < 4.78 is 32.9. The van der Waals surface area contributed by atoms with E-state index < -0.39 is 10.0 Å². The van der Waals surface area contributed by atoms with Crippen molar-refractivity contribution >= 4 is 22.4 Å². The summed E-state index contributed by atoms with van der Waals surface area (Å²) in [6, 6.07) is 3.28. The fourth-order valence-electron chi connectivity index (χ4n) is 2.63. The number of aryl methyl sites for hydroxylation is 2. The highest BCUT2D eigenvalue weighted by Gasteiger charge is 2.22. The van der Waals surface area contributed by atoms with Crippen molar-refractivity contribution in [2.24, 2.45) is 0 Å². The lowest BCUT2D eigenvalue weighted by molar-refractivity contribution is 0.408. The molecule has 1 unspecified atom stereocenters. The lowest BCUT2D eigenvalue weighted by atomic mass is 10.1. The first-order valence-corrected chi connectivity index (χ1v) is 8.30. The molecule has 120 valence electrons. The van der Waals surface area contributed by atoms with Crippen LogP contribution in [0.25, 0.3) is 0 Å². The minimum atomic E-state index is -3.48. The maximum atomic E-state index is 12.4. The zero-order valence-electron chi connectivity index (χ0n) is 12.6. The van der Waals surface area contributed by atoms with E-state index in [1.165, 1.54) is 0 Å². The maximum Gasteiger partial charge on any atom is 0.240 e. The van der Waals surface area contributed by atoms with Crippen LogP contribution < -0.4 is 14.8 Å². The number of hydrogen-bond donors (Lipinski definition) is 2. The molecule has 0 spiro atoms. The zero-order valence-corrected chi connectivity index (χ0v) is 14.2. The van der Waals surface area contributed by atoms with E-state index in [1.807, 2.05) is 13.8 Å². The second kappa shape index (κ2) is 7.45. The molecule has 1 fully saturated rings. The molecule has 0 bridgehead atoms. The van der Waals surface area contributed by atoms with Crippen LogP contribution in [-0.2, 0) is 10.0 Å². The minimum absolute atomic E-state index is 0. The van der Waals surface area contributed by atoms with E-state index in [2.05, 4.69) is 10.0 Å². The lowest BCUT2D eigenvalue weighted by Crippen LogP contribution is -2.45. The minimum Gasteiger partial charge on any atom is -0.496 e. The molecule has 1 aromatic rings. The van der Waals surface area contributed by atoms with Crippen molar-refractivity contribution in [3.05, 3.63) is 23.3 Å². The second-order valence-electron chi connectivity index (χ2n) is 5.25. The number of ether oxygens (including phenoxy) is 1. The van der Waals surface area contributed by atoms with Crippen molar-refractivity contribution < 1.29 is 13.2 Å². The van der Waals surface area contributed by atoms with Crippen molar-refractivity contribution in [1.29, 1.82) is 0 Å². The molecule has 21 heavy (non-hydrogen) atoms. The van der Waals surface area contributed by atoms with Gasteiger partial charge >= 0.3 is 0 Å². The monoisotopic (exact) mass is 334 g/mol. The molecule has 2 rings (SSSR count). The number of hydrogen-bond acceptors (Lipinski definition) is 4.